The Labute approximate surface area is 106 Å². The van der Waals surface area contributed by atoms with Gasteiger partial charge in [-0.3, -0.25) is 10.1 Å². The Morgan fingerprint density at radius 2 is 2.12 bits per heavy atom. The van der Waals surface area contributed by atoms with E-state index in [1.807, 2.05) is 12.1 Å². The Balaban J connectivity index is 2.09. The van der Waals surface area contributed by atoms with Gasteiger partial charge in [-0.25, -0.2) is 0 Å². The van der Waals surface area contributed by atoms with Gasteiger partial charge in [0.2, 0.25) is 0 Å². The molecular formula is C11H10BrN3O2. The van der Waals surface area contributed by atoms with Gasteiger partial charge < -0.3 is 4.52 Å². The van der Waals surface area contributed by atoms with E-state index in [2.05, 4.69) is 31.4 Å². The number of anilines is 1. The minimum Gasteiger partial charge on any atom is -0.315 e. The number of carbonyl (C=O) groups is 1. The van der Waals surface area contributed by atoms with Crippen LogP contribution in [0, 0.1) is 6.92 Å². The van der Waals surface area contributed by atoms with Crippen molar-refractivity contribution in [3.05, 3.63) is 41.2 Å². The number of hydrogen-bond donors (Lipinski definition) is 1. The zero-order chi connectivity index (χ0) is 12.3. The molecule has 0 unspecified atom stereocenters. The van der Waals surface area contributed by atoms with Crippen molar-refractivity contribution in [3.8, 4) is 0 Å². The molecule has 5 nitrogen and oxygen atoms in total. The van der Waals surface area contributed by atoms with Crippen LogP contribution in [0.2, 0.25) is 0 Å². The van der Waals surface area contributed by atoms with Crippen molar-refractivity contribution < 1.29 is 9.32 Å². The highest BCUT2D eigenvalue weighted by molar-refractivity contribution is 9.08. The van der Waals surface area contributed by atoms with Crippen molar-refractivity contribution in [3.63, 3.8) is 0 Å². The van der Waals surface area contributed by atoms with Crippen LogP contribution in [0.4, 0.5) is 6.01 Å². The molecule has 1 heterocycles. The molecule has 2 aromatic rings. The maximum atomic E-state index is 11.8. The van der Waals surface area contributed by atoms with Gasteiger partial charge in [0.25, 0.3) is 5.91 Å². The maximum absolute atomic E-state index is 11.8. The minimum absolute atomic E-state index is 0.108. The molecule has 17 heavy (non-hydrogen) atoms. The number of aromatic nitrogens is 2. The van der Waals surface area contributed by atoms with Crippen molar-refractivity contribution in [2.75, 3.05) is 5.32 Å². The van der Waals surface area contributed by atoms with Crippen LogP contribution >= 0.6 is 15.9 Å². The van der Waals surface area contributed by atoms with E-state index in [-0.39, 0.29) is 11.9 Å². The summed E-state index contributed by atoms with van der Waals surface area (Å²) in [4.78, 5) is 15.7. The normalized spacial score (nSPS) is 10.2. The van der Waals surface area contributed by atoms with Gasteiger partial charge in [-0.1, -0.05) is 33.2 Å². The van der Waals surface area contributed by atoms with Crippen LogP contribution in [-0.2, 0) is 5.33 Å². The third kappa shape index (κ3) is 2.91. The second kappa shape index (κ2) is 5.09. The fourth-order valence-electron chi connectivity index (χ4n) is 1.26. The minimum atomic E-state index is -0.269. The summed E-state index contributed by atoms with van der Waals surface area (Å²) in [7, 11) is 0. The molecule has 2 rings (SSSR count). The van der Waals surface area contributed by atoms with Crippen molar-refractivity contribution in [2.24, 2.45) is 0 Å². The summed E-state index contributed by atoms with van der Waals surface area (Å²) in [5.41, 5.74) is 1.65. The molecule has 88 valence electrons. The lowest BCUT2D eigenvalue weighted by atomic mass is 10.1. The second-order valence-electron chi connectivity index (χ2n) is 3.43. The highest BCUT2D eigenvalue weighted by atomic mass is 79.9. The number of rotatable bonds is 3. The lowest BCUT2D eigenvalue weighted by Gasteiger charge is -2.01. The van der Waals surface area contributed by atoms with Crippen LogP contribution in [0.1, 0.15) is 21.7 Å². The topological polar surface area (TPSA) is 68.0 Å². The lowest BCUT2D eigenvalue weighted by Crippen LogP contribution is -2.12. The number of alkyl halides is 1. The average Bonchev–Trinajstić information content (AvgIpc) is 2.75. The molecule has 0 saturated carbocycles. The molecule has 1 N–H and O–H groups in total. The van der Waals surface area contributed by atoms with Gasteiger partial charge in [0.15, 0.2) is 5.82 Å². The molecule has 0 bridgehead atoms. The first-order valence-corrected chi connectivity index (χ1v) is 6.08. The average molecular weight is 296 g/mol. The highest BCUT2D eigenvalue weighted by Crippen LogP contribution is 2.10. The van der Waals surface area contributed by atoms with Crippen LogP contribution in [0.5, 0.6) is 0 Å². The fraction of sp³-hybridized carbons (Fsp3) is 0.182. The number of amides is 1. The lowest BCUT2D eigenvalue weighted by molar-refractivity contribution is 0.102. The zero-order valence-corrected chi connectivity index (χ0v) is 10.7. The molecule has 0 aliphatic rings. The third-order valence-corrected chi connectivity index (χ3v) is 2.77. The van der Waals surface area contributed by atoms with Crippen LogP contribution in [0.25, 0.3) is 0 Å². The van der Waals surface area contributed by atoms with Gasteiger partial charge >= 0.3 is 6.01 Å². The van der Waals surface area contributed by atoms with E-state index in [1.54, 1.807) is 19.1 Å². The third-order valence-electron chi connectivity index (χ3n) is 2.12. The molecule has 0 aliphatic heterocycles. The largest absolute Gasteiger partial charge is 0.328 e. The number of nitrogens with zero attached hydrogens (tertiary/aromatic N) is 2. The molecule has 1 aromatic heterocycles. The Bertz CT molecular complexity index is 522. The molecule has 6 heteroatoms. The summed E-state index contributed by atoms with van der Waals surface area (Å²) in [6, 6.07) is 7.35. The molecule has 1 aromatic carbocycles. The summed E-state index contributed by atoms with van der Waals surface area (Å²) in [6.07, 6.45) is 0. The van der Waals surface area contributed by atoms with E-state index < -0.39 is 0 Å². The van der Waals surface area contributed by atoms with E-state index in [0.717, 1.165) is 10.9 Å². The molecule has 0 radical (unpaired) electrons. The molecule has 0 fully saturated rings. The van der Waals surface area contributed by atoms with Gasteiger partial charge in [-0.15, -0.1) is 0 Å². The first-order chi connectivity index (χ1) is 8.19. The SMILES string of the molecule is Cc1noc(NC(=O)c2ccc(CBr)cc2)n1. The molecule has 0 spiro atoms. The van der Waals surface area contributed by atoms with Gasteiger partial charge in [-0.05, 0) is 24.6 Å². The number of nitrogens with one attached hydrogen (secondary N) is 1. The summed E-state index contributed by atoms with van der Waals surface area (Å²) < 4.78 is 4.80. The first kappa shape index (κ1) is 11.8. The van der Waals surface area contributed by atoms with Crippen LogP contribution in [0.3, 0.4) is 0 Å². The van der Waals surface area contributed by atoms with Crippen molar-refractivity contribution in [2.45, 2.75) is 12.3 Å². The number of aryl methyl sites for hydroxylation is 1. The highest BCUT2D eigenvalue weighted by Gasteiger charge is 2.09. The monoisotopic (exact) mass is 295 g/mol. The fourth-order valence-corrected chi connectivity index (χ4v) is 1.64. The van der Waals surface area contributed by atoms with Gasteiger partial charge in [-0.2, -0.15) is 4.98 Å². The van der Waals surface area contributed by atoms with E-state index in [4.69, 9.17) is 4.52 Å². The molecular weight excluding hydrogens is 286 g/mol. The van der Waals surface area contributed by atoms with E-state index in [1.165, 1.54) is 0 Å². The maximum Gasteiger partial charge on any atom is 0.328 e. The van der Waals surface area contributed by atoms with Crippen molar-refractivity contribution >= 4 is 27.9 Å². The van der Waals surface area contributed by atoms with Crippen molar-refractivity contribution in [1.82, 2.24) is 10.1 Å². The number of hydrogen-bond acceptors (Lipinski definition) is 4. The molecule has 0 atom stereocenters. The first-order valence-electron chi connectivity index (χ1n) is 4.95. The zero-order valence-electron chi connectivity index (χ0n) is 9.11. The van der Waals surface area contributed by atoms with E-state index >= 15 is 0 Å². The number of benzene rings is 1. The van der Waals surface area contributed by atoms with Crippen LogP contribution in [0.15, 0.2) is 28.8 Å². The van der Waals surface area contributed by atoms with Gasteiger partial charge in [0.1, 0.15) is 0 Å². The van der Waals surface area contributed by atoms with E-state index in [9.17, 15) is 4.79 Å². The number of carbonyl (C=O) groups excluding carboxylic acids is 1. The second-order valence-corrected chi connectivity index (χ2v) is 3.99. The van der Waals surface area contributed by atoms with E-state index in [0.29, 0.717) is 11.4 Å². The number of halogens is 1. The summed E-state index contributed by atoms with van der Waals surface area (Å²) >= 11 is 3.34. The Hall–Kier alpha value is -1.69. The molecule has 1 amide bonds. The van der Waals surface area contributed by atoms with Crippen LogP contribution in [-0.4, -0.2) is 16.0 Å². The predicted octanol–water partition coefficient (Wildman–Crippen LogP) is 2.53. The van der Waals surface area contributed by atoms with Gasteiger partial charge in [0.05, 0.1) is 0 Å². The molecule has 0 saturated heterocycles. The Kier molecular flexibility index (Phi) is 3.53. The summed E-state index contributed by atoms with van der Waals surface area (Å²) in [6.45, 7) is 1.68. The Morgan fingerprint density at radius 1 is 1.41 bits per heavy atom. The van der Waals surface area contributed by atoms with Crippen molar-refractivity contribution in [1.29, 1.82) is 0 Å². The quantitative estimate of drug-likeness (QED) is 0.884. The standard InChI is InChI=1S/C11H10BrN3O2/c1-7-13-11(17-15-7)14-10(16)9-4-2-8(6-12)3-5-9/h2-5H,6H2,1H3,(H,13,14,15,16). The summed E-state index contributed by atoms with van der Waals surface area (Å²) in [5.74, 6) is 0.213. The molecule has 0 aliphatic carbocycles. The van der Waals surface area contributed by atoms with Gasteiger partial charge in [0, 0.05) is 10.9 Å². The van der Waals surface area contributed by atoms with Crippen LogP contribution < -0.4 is 5.32 Å². The Morgan fingerprint density at radius 3 is 2.65 bits per heavy atom. The smallest absolute Gasteiger partial charge is 0.315 e. The summed E-state index contributed by atoms with van der Waals surface area (Å²) in [5, 5.41) is 6.87. The predicted molar refractivity (Wildman–Crippen MR) is 66.1 cm³/mol.